The molecule has 0 atom stereocenters. The van der Waals surface area contributed by atoms with E-state index in [1.165, 1.54) is 30.9 Å². The van der Waals surface area contributed by atoms with E-state index in [1.54, 1.807) is 6.07 Å². The maximum Gasteiger partial charge on any atom is 0.354 e. The molecule has 3 aromatic rings. The molecule has 0 bridgehead atoms. The molecule has 1 N–H and O–H groups in total. The molecule has 0 amide bonds. The van der Waals surface area contributed by atoms with Crippen molar-refractivity contribution in [1.29, 1.82) is 0 Å². The van der Waals surface area contributed by atoms with Crippen molar-refractivity contribution in [1.82, 2.24) is 19.4 Å². The van der Waals surface area contributed by atoms with E-state index < -0.39 is 5.97 Å². The van der Waals surface area contributed by atoms with Gasteiger partial charge in [-0.3, -0.25) is 4.90 Å². The molecule has 2 aromatic heterocycles. The normalized spacial score (nSPS) is 15.2. The van der Waals surface area contributed by atoms with Crippen molar-refractivity contribution in [2.45, 2.75) is 39.3 Å². The Bertz CT molecular complexity index is 1020. The van der Waals surface area contributed by atoms with Crippen molar-refractivity contribution >= 4 is 28.7 Å². The van der Waals surface area contributed by atoms with Gasteiger partial charge >= 0.3 is 5.97 Å². The van der Waals surface area contributed by atoms with Gasteiger partial charge in [-0.2, -0.15) is 0 Å². The van der Waals surface area contributed by atoms with Gasteiger partial charge in [0.15, 0.2) is 11.3 Å². The quantitative estimate of drug-likeness (QED) is 0.699. The van der Waals surface area contributed by atoms with Crippen LogP contribution in [0.25, 0.3) is 11.2 Å². The number of hydrogen-bond acceptors (Lipinski definition) is 4. The number of pyridine rings is 1. The number of hydrogen-bond donors (Lipinski definition) is 1. The van der Waals surface area contributed by atoms with Crippen LogP contribution < -0.4 is 0 Å². The zero-order valence-electron chi connectivity index (χ0n) is 15.9. The van der Waals surface area contributed by atoms with Gasteiger partial charge in [-0.1, -0.05) is 30.2 Å². The Morgan fingerprint density at radius 1 is 1.11 bits per heavy atom. The predicted octanol–water partition coefficient (Wildman–Crippen LogP) is 4.13. The van der Waals surface area contributed by atoms with Crippen LogP contribution in [0.2, 0.25) is 5.02 Å². The Labute approximate surface area is 168 Å². The van der Waals surface area contributed by atoms with E-state index in [-0.39, 0.29) is 5.69 Å². The second-order valence-electron chi connectivity index (χ2n) is 7.35. The van der Waals surface area contributed by atoms with Crippen molar-refractivity contribution in [2.75, 3.05) is 13.1 Å². The summed E-state index contributed by atoms with van der Waals surface area (Å²) >= 11 is 6.58. The Morgan fingerprint density at radius 3 is 2.61 bits per heavy atom. The zero-order chi connectivity index (χ0) is 19.7. The average molecular weight is 399 g/mol. The third-order valence-corrected chi connectivity index (χ3v) is 5.65. The molecule has 1 fully saturated rings. The van der Waals surface area contributed by atoms with Gasteiger partial charge in [0.05, 0.1) is 6.54 Å². The van der Waals surface area contributed by atoms with Crippen LogP contribution in [0.1, 0.15) is 46.7 Å². The molecule has 3 heterocycles. The fourth-order valence-corrected chi connectivity index (χ4v) is 4.05. The molecule has 146 valence electrons. The SMILES string of the molecule is Cc1nc2ccc(C(=O)O)nc2n1Cc1ccc(CN2CCCCC2)cc1Cl. The van der Waals surface area contributed by atoms with Crippen molar-refractivity contribution in [3.63, 3.8) is 0 Å². The molecule has 0 unspecified atom stereocenters. The minimum atomic E-state index is -1.05. The summed E-state index contributed by atoms with van der Waals surface area (Å²) in [6.45, 7) is 5.62. The summed E-state index contributed by atoms with van der Waals surface area (Å²) in [6, 6.07) is 9.38. The van der Waals surface area contributed by atoms with E-state index in [0.717, 1.165) is 31.0 Å². The van der Waals surface area contributed by atoms with Crippen LogP contribution >= 0.6 is 11.6 Å². The lowest BCUT2D eigenvalue weighted by Gasteiger charge is -2.26. The number of piperidine rings is 1. The molecule has 0 spiro atoms. The van der Waals surface area contributed by atoms with Crippen molar-refractivity contribution in [3.8, 4) is 0 Å². The number of carboxylic acids is 1. The number of aromatic nitrogens is 3. The highest BCUT2D eigenvalue weighted by Crippen LogP contribution is 2.24. The number of rotatable bonds is 5. The molecule has 4 rings (SSSR count). The summed E-state index contributed by atoms with van der Waals surface area (Å²) in [6.07, 6.45) is 3.86. The first-order valence-corrected chi connectivity index (χ1v) is 9.96. The third kappa shape index (κ3) is 3.88. The summed E-state index contributed by atoms with van der Waals surface area (Å²) in [5.74, 6) is -0.272. The number of aryl methyl sites for hydroxylation is 1. The lowest BCUT2D eigenvalue weighted by atomic mass is 10.1. The zero-order valence-corrected chi connectivity index (χ0v) is 16.6. The number of fused-ring (bicyclic) bond motifs is 1. The predicted molar refractivity (Wildman–Crippen MR) is 109 cm³/mol. The minimum Gasteiger partial charge on any atom is -0.477 e. The van der Waals surface area contributed by atoms with Gasteiger partial charge in [0.1, 0.15) is 11.3 Å². The molecule has 7 heteroatoms. The van der Waals surface area contributed by atoms with E-state index >= 15 is 0 Å². The molecule has 6 nitrogen and oxygen atoms in total. The number of aromatic carboxylic acids is 1. The second-order valence-corrected chi connectivity index (χ2v) is 7.76. The first-order chi connectivity index (χ1) is 13.5. The lowest BCUT2D eigenvalue weighted by Crippen LogP contribution is -2.29. The Balaban J connectivity index is 1.59. The number of carboxylic acid groups (broad SMARTS) is 1. The minimum absolute atomic E-state index is 0.0108. The summed E-state index contributed by atoms with van der Waals surface area (Å²) in [5.41, 5.74) is 3.44. The smallest absolute Gasteiger partial charge is 0.354 e. The molecular weight excluding hydrogens is 376 g/mol. The summed E-state index contributed by atoms with van der Waals surface area (Å²) in [7, 11) is 0. The topological polar surface area (TPSA) is 71.2 Å². The standard InChI is InChI=1S/C21H23ClN4O2/c1-14-23-18-7-8-19(21(27)28)24-20(18)26(14)13-16-6-5-15(11-17(16)22)12-25-9-3-2-4-10-25/h5-8,11H,2-4,9-10,12-13H2,1H3,(H,27,28). The Hall–Kier alpha value is -2.44. The van der Waals surface area contributed by atoms with E-state index in [1.807, 2.05) is 23.6 Å². The van der Waals surface area contributed by atoms with Gasteiger partial charge in [0.2, 0.25) is 0 Å². The van der Waals surface area contributed by atoms with E-state index in [2.05, 4.69) is 20.9 Å². The highest BCUT2D eigenvalue weighted by molar-refractivity contribution is 6.31. The number of imidazole rings is 1. The highest BCUT2D eigenvalue weighted by Gasteiger charge is 2.15. The molecule has 0 aliphatic carbocycles. The molecule has 1 aliphatic rings. The van der Waals surface area contributed by atoms with Crippen LogP contribution in [0.3, 0.4) is 0 Å². The van der Waals surface area contributed by atoms with Crippen molar-refractivity contribution < 1.29 is 9.90 Å². The fraction of sp³-hybridized carbons (Fsp3) is 0.381. The Morgan fingerprint density at radius 2 is 1.89 bits per heavy atom. The lowest BCUT2D eigenvalue weighted by molar-refractivity contribution is 0.0691. The highest BCUT2D eigenvalue weighted by atomic mass is 35.5. The number of carbonyl (C=O) groups is 1. The molecule has 1 aromatic carbocycles. The first-order valence-electron chi connectivity index (χ1n) is 9.58. The van der Waals surface area contributed by atoms with Crippen LogP contribution in [0.4, 0.5) is 0 Å². The van der Waals surface area contributed by atoms with Gasteiger partial charge in [-0.05, 0) is 62.2 Å². The summed E-state index contributed by atoms with van der Waals surface area (Å²) in [4.78, 5) is 22.5. The molecule has 0 radical (unpaired) electrons. The van der Waals surface area contributed by atoms with Gasteiger partial charge < -0.3 is 9.67 Å². The fourth-order valence-electron chi connectivity index (χ4n) is 3.79. The number of benzene rings is 1. The number of nitrogens with zero attached hydrogens (tertiary/aromatic N) is 4. The van der Waals surface area contributed by atoms with Gasteiger partial charge in [-0.25, -0.2) is 14.8 Å². The molecular formula is C21H23ClN4O2. The van der Waals surface area contributed by atoms with Crippen molar-refractivity contribution in [2.24, 2.45) is 0 Å². The van der Waals surface area contributed by atoms with Crippen LogP contribution in [0.15, 0.2) is 30.3 Å². The van der Waals surface area contributed by atoms with Crippen LogP contribution in [-0.4, -0.2) is 43.6 Å². The largest absolute Gasteiger partial charge is 0.477 e. The van der Waals surface area contributed by atoms with E-state index in [4.69, 9.17) is 11.6 Å². The number of halogens is 1. The van der Waals surface area contributed by atoms with Crippen LogP contribution in [0.5, 0.6) is 0 Å². The molecule has 1 aliphatic heterocycles. The molecule has 28 heavy (non-hydrogen) atoms. The van der Waals surface area contributed by atoms with Crippen molar-refractivity contribution in [3.05, 3.63) is 58.0 Å². The number of likely N-dealkylation sites (tertiary alicyclic amines) is 1. The monoisotopic (exact) mass is 398 g/mol. The summed E-state index contributed by atoms with van der Waals surface area (Å²) in [5, 5.41) is 9.94. The second kappa shape index (κ2) is 7.89. The average Bonchev–Trinajstić information content (AvgIpc) is 2.99. The van der Waals surface area contributed by atoms with E-state index in [0.29, 0.717) is 22.7 Å². The maximum absolute atomic E-state index is 11.3. The van der Waals surface area contributed by atoms with Crippen LogP contribution in [0, 0.1) is 6.92 Å². The summed E-state index contributed by atoms with van der Waals surface area (Å²) < 4.78 is 1.91. The van der Waals surface area contributed by atoms with Gasteiger partial charge in [0.25, 0.3) is 0 Å². The maximum atomic E-state index is 11.3. The van der Waals surface area contributed by atoms with Gasteiger partial charge in [0, 0.05) is 11.6 Å². The molecule has 0 saturated carbocycles. The van der Waals surface area contributed by atoms with E-state index in [9.17, 15) is 9.90 Å². The van der Waals surface area contributed by atoms with Crippen LogP contribution in [-0.2, 0) is 13.1 Å². The molecule has 1 saturated heterocycles. The Kier molecular flexibility index (Phi) is 5.33. The first kappa shape index (κ1) is 18.9. The van der Waals surface area contributed by atoms with Gasteiger partial charge in [-0.15, -0.1) is 0 Å². The third-order valence-electron chi connectivity index (χ3n) is 5.30.